The molecule has 10 heteroatoms. The Morgan fingerprint density at radius 3 is 2.24 bits per heavy atom. The van der Waals surface area contributed by atoms with Crippen LogP contribution in [0.5, 0.6) is 0 Å². The molecule has 2 aliphatic heterocycles. The first-order valence-corrected chi connectivity index (χ1v) is 14.5. The van der Waals surface area contributed by atoms with Gasteiger partial charge in [0.2, 0.25) is 11.8 Å². The smallest absolute Gasteiger partial charge is 0.353 e. The Morgan fingerprint density at radius 1 is 1.00 bits per heavy atom. The van der Waals surface area contributed by atoms with Crippen LogP contribution in [-0.4, -0.2) is 60.3 Å². The van der Waals surface area contributed by atoms with Crippen molar-refractivity contribution >= 4 is 28.6 Å². The number of allylic oxidation sites excluding steroid dienone is 1. The molecule has 1 aliphatic carbocycles. The summed E-state index contributed by atoms with van der Waals surface area (Å²) >= 11 is 6.11. The molecule has 3 aliphatic rings. The highest BCUT2D eigenvalue weighted by Gasteiger charge is 2.49. The Balaban J connectivity index is 1.19. The van der Waals surface area contributed by atoms with E-state index in [9.17, 15) is 22.8 Å². The van der Waals surface area contributed by atoms with E-state index in [2.05, 4.69) is 20.5 Å². The molecule has 2 N–H and O–H groups in total. The lowest BCUT2D eigenvalue weighted by Crippen LogP contribution is -2.47. The summed E-state index contributed by atoms with van der Waals surface area (Å²) in [6.45, 7) is 1.12. The number of rotatable bonds is 9. The van der Waals surface area contributed by atoms with Crippen LogP contribution >= 0.6 is 11.6 Å². The van der Waals surface area contributed by atoms with Gasteiger partial charge in [-0.3, -0.25) is 9.59 Å². The van der Waals surface area contributed by atoms with Gasteiger partial charge in [0.1, 0.15) is 17.1 Å². The van der Waals surface area contributed by atoms with Gasteiger partial charge in [-0.15, -0.1) is 0 Å². The van der Waals surface area contributed by atoms with Gasteiger partial charge in [-0.1, -0.05) is 72.6 Å². The molecule has 2 amide bonds. The summed E-state index contributed by atoms with van der Waals surface area (Å²) < 4.78 is 39.3. The van der Waals surface area contributed by atoms with Gasteiger partial charge in [-0.25, -0.2) is 4.99 Å². The zero-order valence-corrected chi connectivity index (χ0v) is 23.5. The van der Waals surface area contributed by atoms with Gasteiger partial charge >= 0.3 is 6.18 Å². The largest absolute Gasteiger partial charge is 0.405 e. The molecule has 6 nitrogen and oxygen atoms in total. The molecule has 1 atom stereocenters. The summed E-state index contributed by atoms with van der Waals surface area (Å²) in [6.07, 6.45) is 3.06. The first kappa shape index (κ1) is 29.3. The van der Waals surface area contributed by atoms with Gasteiger partial charge in [-0.05, 0) is 60.9 Å². The highest BCUT2D eigenvalue weighted by molar-refractivity contribution is 6.67. The maximum Gasteiger partial charge on any atom is 0.405 e. The Kier molecular flexibility index (Phi) is 8.85. The minimum atomic E-state index is -4.49. The lowest BCUT2D eigenvalue weighted by molar-refractivity contribution is -0.141. The Hall–Kier alpha value is -3.17. The van der Waals surface area contributed by atoms with Crippen LogP contribution in [0.3, 0.4) is 0 Å². The van der Waals surface area contributed by atoms with Gasteiger partial charge < -0.3 is 15.5 Å². The van der Waals surface area contributed by atoms with Crippen molar-refractivity contribution in [1.29, 1.82) is 0 Å². The second-order valence-corrected chi connectivity index (χ2v) is 11.4. The van der Waals surface area contributed by atoms with Crippen LogP contribution in [0.15, 0.2) is 65.8 Å². The normalized spacial score (nSPS) is 20.2. The molecule has 2 aromatic carbocycles. The predicted octanol–water partition coefficient (Wildman–Crippen LogP) is 5.55. The number of nitrogens with one attached hydrogen (secondary N) is 2. The second kappa shape index (κ2) is 12.4. The van der Waals surface area contributed by atoms with Crippen molar-refractivity contribution in [2.45, 2.75) is 56.2 Å². The van der Waals surface area contributed by atoms with Crippen LogP contribution < -0.4 is 10.6 Å². The van der Waals surface area contributed by atoms with Crippen LogP contribution in [0.1, 0.15) is 49.7 Å². The van der Waals surface area contributed by atoms with E-state index < -0.39 is 30.0 Å². The van der Waals surface area contributed by atoms with Gasteiger partial charge in [-0.2, -0.15) is 13.2 Å². The van der Waals surface area contributed by atoms with E-state index in [1.807, 2.05) is 54.6 Å². The monoisotopic (exact) mass is 586 g/mol. The van der Waals surface area contributed by atoms with E-state index in [0.29, 0.717) is 24.4 Å². The van der Waals surface area contributed by atoms with E-state index in [1.54, 1.807) is 6.20 Å². The minimum absolute atomic E-state index is 0.0845. The molecule has 0 spiro atoms. The number of alkyl halides is 3. The van der Waals surface area contributed by atoms with Gasteiger partial charge in [0.05, 0.1) is 5.92 Å². The van der Waals surface area contributed by atoms with Gasteiger partial charge in [0.15, 0.2) is 0 Å². The number of unbranched alkanes of at least 4 members (excludes halogenated alkanes) is 1. The lowest BCUT2D eigenvalue weighted by atomic mass is 9.73. The van der Waals surface area contributed by atoms with Crippen LogP contribution in [0.2, 0.25) is 0 Å². The molecule has 1 unspecified atom stereocenters. The minimum Gasteiger partial charge on any atom is -0.353 e. The van der Waals surface area contributed by atoms with Crippen LogP contribution in [-0.2, 0) is 15.0 Å². The fourth-order valence-electron chi connectivity index (χ4n) is 6.34. The maximum atomic E-state index is 13.6. The van der Waals surface area contributed by atoms with Crippen LogP contribution in [0.4, 0.5) is 13.2 Å². The summed E-state index contributed by atoms with van der Waals surface area (Å²) in [4.78, 5) is 32.6. The van der Waals surface area contributed by atoms with Crippen molar-refractivity contribution < 1.29 is 22.8 Å². The van der Waals surface area contributed by atoms with Crippen molar-refractivity contribution in [1.82, 2.24) is 15.5 Å². The van der Waals surface area contributed by atoms with Crippen LogP contribution in [0, 0.1) is 5.92 Å². The summed E-state index contributed by atoms with van der Waals surface area (Å²) in [5, 5.41) is 5.63. The SMILES string of the molecule is O=C(NC1CCN(CCCCC2(C(=O)NCC(F)(F)F)c3ccccc3-c3ccccc32)CC1)C1CC=CN=C1Cl. The Morgan fingerprint density at radius 2 is 1.63 bits per heavy atom. The first-order chi connectivity index (χ1) is 19.7. The predicted molar refractivity (Wildman–Crippen MR) is 154 cm³/mol. The quantitative estimate of drug-likeness (QED) is 0.378. The fraction of sp³-hybridized carbons (Fsp3) is 0.452. The maximum absolute atomic E-state index is 13.6. The molecule has 0 saturated carbocycles. The number of carbonyl (C=O) groups excluding carboxylic acids is 2. The summed E-state index contributed by atoms with van der Waals surface area (Å²) in [5.41, 5.74) is 2.14. The third-order valence-electron chi connectivity index (χ3n) is 8.39. The highest BCUT2D eigenvalue weighted by atomic mass is 35.5. The Labute approximate surface area is 243 Å². The standard InChI is InChI=1S/C31H34ClF3N4O2/c32-27-24(10-7-16-36-27)28(40)38-21-13-18-39(19-14-21)17-6-5-15-30(29(41)37-20-31(33,34)35)25-11-3-1-8-22(25)23-9-2-4-12-26(23)30/h1-4,7-9,11-12,16,21,24H,5-6,10,13-15,17-20H2,(H,37,41)(H,38,40). The van der Waals surface area contributed by atoms with E-state index in [1.165, 1.54) is 0 Å². The third kappa shape index (κ3) is 6.36. The van der Waals surface area contributed by atoms with E-state index in [0.717, 1.165) is 61.2 Å². The average molecular weight is 587 g/mol. The van der Waals surface area contributed by atoms with Gasteiger partial charge in [0.25, 0.3) is 0 Å². The third-order valence-corrected chi connectivity index (χ3v) is 8.75. The van der Waals surface area contributed by atoms with Gasteiger partial charge in [0, 0.05) is 25.3 Å². The molecule has 0 bridgehead atoms. The number of nitrogens with zero attached hydrogens (tertiary/aromatic N) is 2. The Bertz CT molecular complexity index is 1290. The van der Waals surface area contributed by atoms with Crippen LogP contribution in [0.25, 0.3) is 11.1 Å². The number of likely N-dealkylation sites (tertiary alicyclic amines) is 1. The number of halogens is 4. The molecule has 2 heterocycles. The molecular weight excluding hydrogens is 553 g/mol. The molecule has 2 aromatic rings. The van der Waals surface area contributed by atoms with E-state index in [4.69, 9.17) is 11.6 Å². The first-order valence-electron chi connectivity index (χ1n) is 14.1. The van der Waals surface area contributed by atoms with Crippen molar-refractivity contribution in [3.63, 3.8) is 0 Å². The molecule has 5 rings (SSSR count). The second-order valence-electron chi connectivity index (χ2n) is 11.0. The number of piperidine rings is 1. The topological polar surface area (TPSA) is 73.8 Å². The molecule has 218 valence electrons. The average Bonchev–Trinajstić information content (AvgIpc) is 3.25. The zero-order chi connectivity index (χ0) is 29.0. The van der Waals surface area contributed by atoms with E-state index in [-0.39, 0.29) is 11.9 Å². The zero-order valence-electron chi connectivity index (χ0n) is 22.7. The number of aliphatic imine (C=N–C) groups is 1. The van der Waals surface area contributed by atoms with Crippen molar-refractivity contribution in [3.05, 3.63) is 71.9 Å². The number of fused-ring (bicyclic) bond motifs is 3. The van der Waals surface area contributed by atoms with E-state index >= 15 is 0 Å². The molecule has 0 aromatic heterocycles. The number of carbonyl (C=O) groups is 2. The van der Waals surface area contributed by atoms with Crippen molar-refractivity contribution in [3.8, 4) is 11.1 Å². The number of benzene rings is 2. The summed E-state index contributed by atoms with van der Waals surface area (Å²) in [7, 11) is 0. The molecule has 41 heavy (non-hydrogen) atoms. The summed E-state index contributed by atoms with van der Waals surface area (Å²) in [6, 6.07) is 15.1. The molecule has 0 radical (unpaired) electrons. The molecule has 1 saturated heterocycles. The number of hydrogen-bond acceptors (Lipinski definition) is 4. The van der Waals surface area contributed by atoms with Crippen molar-refractivity contribution in [2.75, 3.05) is 26.2 Å². The highest BCUT2D eigenvalue weighted by Crippen LogP contribution is 2.51. The number of hydrogen-bond donors (Lipinski definition) is 2. The fourth-order valence-corrected chi connectivity index (χ4v) is 6.58. The molecule has 1 fully saturated rings. The molecular formula is C31H34ClF3N4O2. The van der Waals surface area contributed by atoms with Crippen molar-refractivity contribution in [2.24, 2.45) is 10.9 Å². The number of amides is 2. The summed E-state index contributed by atoms with van der Waals surface area (Å²) in [5.74, 6) is -1.12. The lowest BCUT2D eigenvalue weighted by Gasteiger charge is -2.34.